The molecule has 0 saturated heterocycles. The van der Waals surface area contributed by atoms with Gasteiger partial charge in [0, 0.05) is 6.42 Å². The molecule has 1 aliphatic heterocycles. The highest BCUT2D eigenvalue weighted by Crippen LogP contribution is 2.29. The lowest BCUT2D eigenvalue weighted by atomic mass is 10.1. The minimum absolute atomic E-state index is 0.295. The molecule has 0 fully saturated rings. The summed E-state index contributed by atoms with van der Waals surface area (Å²) in [6.07, 6.45) is 2.25. The summed E-state index contributed by atoms with van der Waals surface area (Å²) in [4.78, 5) is 15.7. The fraction of sp³-hybridized carbons (Fsp3) is 0.286. The van der Waals surface area contributed by atoms with Crippen LogP contribution in [0.2, 0.25) is 0 Å². The van der Waals surface area contributed by atoms with Crippen molar-refractivity contribution < 1.29 is 19.0 Å². The van der Waals surface area contributed by atoms with E-state index in [2.05, 4.69) is 4.99 Å². The molecular formula is C14H15NO4. The maximum atomic E-state index is 11.6. The summed E-state index contributed by atoms with van der Waals surface area (Å²) in [7, 11) is 3.13. The molecule has 0 N–H and O–H groups in total. The summed E-state index contributed by atoms with van der Waals surface area (Å²) in [6, 6.07) is 5.37. The van der Waals surface area contributed by atoms with E-state index in [-0.39, 0.29) is 0 Å². The van der Waals surface area contributed by atoms with Gasteiger partial charge in [0.2, 0.25) is 0 Å². The highest BCUT2D eigenvalue weighted by atomic mass is 16.6. The Bertz CT molecular complexity index is 561. The lowest BCUT2D eigenvalue weighted by molar-refractivity contribution is -0.130. The third-order valence-corrected chi connectivity index (χ3v) is 2.68. The number of nitrogens with zero attached hydrogens (tertiary/aromatic N) is 1. The maximum absolute atomic E-state index is 11.6. The summed E-state index contributed by atoms with van der Waals surface area (Å²) in [6.45, 7) is 1.88. The summed E-state index contributed by atoms with van der Waals surface area (Å²) in [5, 5.41) is 0. The Morgan fingerprint density at radius 3 is 2.58 bits per heavy atom. The topological polar surface area (TPSA) is 57.1 Å². The Kier molecular flexibility index (Phi) is 3.85. The van der Waals surface area contributed by atoms with Crippen LogP contribution in [-0.2, 0) is 9.53 Å². The van der Waals surface area contributed by atoms with Crippen LogP contribution in [0.5, 0.6) is 11.5 Å². The zero-order chi connectivity index (χ0) is 13.8. The molecule has 0 aromatic heterocycles. The van der Waals surface area contributed by atoms with Gasteiger partial charge in [-0.2, -0.15) is 0 Å². The monoisotopic (exact) mass is 261 g/mol. The second kappa shape index (κ2) is 5.56. The van der Waals surface area contributed by atoms with E-state index >= 15 is 0 Å². The fourth-order valence-corrected chi connectivity index (χ4v) is 1.70. The van der Waals surface area contributed by atoms with Crippen LogP contribution in [0.4, 0.5) is 0 Å². The number of ether oxygens (including phenoxy) is 3. The van der Waals surface area contributed by atoms with Gasteiger partial charge in [0.15, 0.2) is 23.1 Å². The van der Waals surface area contributed by atoms with Crippen LogP contribution < -0.4 is 9.47 Å². The standard InChI is InChI=1S/C14H15NO4/c1-4-13-15-10(14(16)19-13)7-9-5-6-11(17-2)12(8-9)18-3/h5-8H,4H2,1-3H3/b10-7+. The van der Waals surface area contributed by atoms with E-state index in [1.54, 1.807) is 32.4 Å². The van der Waals surface area contributed by atoms with Crippen LogP contribution in [0.3, 0.4) is 0 Å². The summed E-state index contributed by atoms with van der Waals surface area (Å²) >= 11 is 0. The fourth-order valence-electron chi connectivity index (χ4n) is 1.70. The first-order valence-electron chi connectivity index (χ1n) is 5.91. The van der Waals surface area contributed by atoms with Crippen molar-refractivity contribution in [2.45, 2.75) is 13.3 Å². The van der Waals surface area contributed by atoms with Gasteiger partial charge in [0.25, 0.3) is 0 Å². The molecule has 0 unspecified atom stereocenters. The van der Waals surface area contributed by atoms with Crippen LogP contribution in [-0.4, -0.2) is 26.1 Å². The predicted molar refractivity (Wildman–Crippen MR) is 71.3 cm³/mol. The minimum atomic E-state index is -0.424. The van der Waals surface area contributed by atoms with Crippen molar-refractivity contribution in [3.8, 4) is 11.5 Å². The number of cyclic esters (lactones) is 1. The van der Waals surface area contributed by atoms with Crippen molar-refractivity contribution in [2.24, 2.45) is 4.99 Å². The SMILES string of the molecule is CCC1=N/C(=C/c2ccc(OC)c(OC)c2)C(=O)O1. The van der Waals surface area contributed by atoms with Gasteiger partial charge in [0.05, 0.1) is 14.2 Å². The molecule has 5 nitrogen and oxygen atoms in total. The molecule has 1 aromatic carbocycles. The lowest BCUT2D eigenvalue weighted by Crippen LogP contribution is -2.02. The van der Waals surface area contributed by atoms with E-state index in [1.807, 2.05) is 13.0 Å². The van der Waals surface area contributed by atoms with Crippen LogP contribution >= 0.6 is 0 Å². The molecule has 0 radical (unpaired) electrons. The molecule has 0 aliphatic carbocycles. The molecule has 5 heteroatoms. The van der Waals surface area contributed by atoms with E-state index in [9.17, 15) is 4.79 Å². The van der Waals surface area contributed by atoms with E-state index < -0.39 is 5.97 Å². The van der Waals surface area contributed by atoms with Crippen molar-refractivity contribution in [2.75, 3.05) is 14.2 Å². The van der Waals surface area contributed by atoms with Crippen molar-refractivity contribution in [1.29, 1.82) is 0 Å². The molecule has 0 spiro atoms. The summed E-state index contributed by atoms with van der Waals surface area (Å²) in [5.41, 5.74) is 1.09. The Balaban J connectivity index is 2.33. The molecule has 19 heavy (non-hydrogen) atoms. The molecule has 1 aromatic rings. The smallest absolute Gasteiger partial charge is 0.363 e. The molecule has 100 valence electrons. The quantitative estimate of drug-likeness (QED) is 0.617. The van der Waals surface area contributed by atoms with Gasteiger partial charge in [-0.15, -0.1) is 0 Å². The van der Waals surface area contributed by atoms with Crippen LogP contribution in [0.25, 0.3) is 6.08 Å². The van der Waals surface area contributed by atoms with Crippen LogP contribution in [0.1, 0.15) is 18.9 Å². The number of esters is 1. The van der Waals surface area contributed by atoms with Gasteiger partial charge < -0.3 is 14.2 Å². The Hall–Kier alpha value is -2.30. The first-order chi connectivity index (χ1) is 9.17. The largest absolute Gasteiger partial charge is 0.493 e. The highest BCUT2D eigenvalue weighted by molar-refractivity contribution is 6.07. The number of hydrogen-bond acceptors (Lipinski definition) is 5. The molecule has 0 saturated carbocycles. The van der Waals surface area contributed by atoms with E-state index in [0.717, 1.165) is 5.56 Å². The normalized spacial score (nSPS) is 16.3. The number of aliphatic imine (C=N–C) groups is 1. The first-order valence-corrected chi connectivity index (χ1v) is 5.91. The van der Waals surface area contributed by atoms with Crippen molar-refractivity contribution in [1.82, 2.24) is 0 Å². The van der Waals surface area contributed by atoms with Gasteiger partial charge >= 0.3 is 5.97 Å². The number of carbonyl (C=O) groups is 1. The Labute approximate surface area is 111 Å². The van der Waals surface area contributed by atoms with Gasteiger partial charge in [-0.05, 0) is 23.8 Å². The zero-order valence-corrected chi connectivity index (χ0v) is 11.1. The number of carbonyl (C=O) groups excluding carboxylic acids is 1. The van der Waals surface area contributed by atoms with Crippen molar-refractivity contribution in [3.05, 3.63) is 29.5 Å². The lowest BCUT2D eigenvalue weighted by Gasteiger charge is -2.07. The number of benzene rings is 1. The van der Waals surface area contributed by atoms with Crippen molar-refractivity contribution in [3.63, 3.8) is 0 Å². The Morgan fingerprint density at radius 1 is 1.26 bits per heavy atom. The highest BCUT2D eigenvalue weighted by Gasteiger charge is 2.21. The van der Waals surface area contributed by atoms with E-state index in [0.29, 0.717) is 29.5 Å². The van der Waals surface area contributed by atoms with E-state index in [1.165, 1.54) is 0 Å². The molecule has 2 rings (SSSR count). The molecular weight excluding hydrogens is 246 g/mol. The molecule has 1 heterocycles. The van der Waals surface area contributed by atoms with Crippen LogP contribution in [0.15, 0.2) is 28.9 Å². The minimum Gasteiger partial charge on any atom is -0.493 e. The third kappa shape index (κ3) is 2.76. The van der Waals surface area contributed by atoms with Gasteiger partial charge in [0.1, 0.15) is 0 Å². The number of rotatable bonds is 4. The summed E-state index contributed by atoms with van der Waals surface area (Å²) < 4.78 is 15.3. The van der Waals surface area contributed by atoms with Gasteiger partial charge in [-0.3, -0.25) is 0 Å². The average Bonchev–Trinajstić information content (AvgIpc) is 2.79. The molecule has 0 bridgehead atoms. The third-order valence-electron chi connectivity index (χ3n) is 2.68. The predicted octanol–water partition coefficient (Wildman–Crippen LogP) is 2.41. The van der Waals surface area contributed by atoms with E-state index in [4.69, 9.17) is 14.2 Å². The maximum Gasteiger partial charge on any atom is 0.363 e. The number of hydrogen-bond donors (Lipinski definition) is 0. The molecule has 0 atom stereocenters. The van der Waals surface area contributed by atoms with Gasteiger partial charge in [-0.25, -0.2) is 9.79 Å². The molecule has 0 amide bonds. The van der Waals surface area contributed by atoms with Crippen LogP contribution in [0, 0.1) is 0 Å². The Morgan fingerprint density at radius 2 is 2.00 bits per heavy atom. The number of methoxy groups -OCH3 is 2. The first kappa shape index (κ1) is 13.1. The average molecular weight is 261 g/mol. The zero-order valence-electron chi connectivity index (χ0n) is 11.1. The van der Waals surface area contributed by atoms with Gasteiger partial charge in [-0.1, -0.05) is 13.0 Å². The van der Waals surface area contributed by atoms with Crippen molar-refractivity contribution >= 4 is 17.9 Å². The second-order valence-corrected chi connectivity index (χ2v) is 3.89. The summed E-state index contributed by atoms with van der Waals surface area (Å²) in [5.74, 6) is 1.25. The second-order valence-electron chi connectivity index (χ2n) is 3.89. The molecule has 1 aliphatic rings.